The van der Waals surface area contributed by atoms with Crippen molar-refractivity contribution in [3.8, 4) is 0 Å². The highest BCUT2D eigenvalue weighted by Gasteiger charge is 2.26. The molecule has 2 heterocycles. The third kappa shape index (κ3) is 4.18. The molecule has 0 atom stereocenters. The molecule has 1 aromatic rings. The van der Waals surface area contributed by atoms with E-state index in [-0.39, 0.29) is 18.2 Å². The number of piperazine rings is 2. The summed E-state index contributed by atoms with van der Waals surface area (Å²) < 4.78 is 0. The molecular formula is C20H30N4O2. The molecular weight excluding hydrogens is 328 g/mol. The third-order valence-electron chi connectivity index (χ3n) is 5.71. The van der Waals surface area contributed by atoms with Gasteiger partial charge in [0.05, 0.1) is 0 Å². The first-order valence-electron chi connectivity index (χ1n) is 9.51. The van der Waals surface area contributed by atoms with Gasteiger partial charge in [0.25, 0.3) is 0 Å². The van der Waals surface area contributed by atoms with Gasteiger partial charge in [0.2, 0.25) is 11.8 Å². The standard InChI is InChI=1S/C20H30N4O2/c1-16-5-4-6-18(17(16)2)22-11-13-24(14-12-22)20(26)15-19(25)23-9-7-21(3)8-10-23/h4-6H,7-15H2,1-3H3. The number of nitrogens with zero attached hydrogens (tertiary/aromatic N) is 4. The fourth-order valence-electron chi connectivity index (χ4n) is 3.68. The molecule has 0 bridgehead atoms. The van der Waals surface area contributed by atoms with Crippen molar-refractivity contribution in [2.75, 3.05) is 64.3 Å². The van der Waals surface area contributed by atoms with Crippen molar-refractivity contribution in [3.63, 3.8) is 0 Å². The molecule has 2 amide bonds. The average Bonchev–Trinajstić information content (AvgIpc) is 2.64. The molecule has 1 aromatic carbocycles. The first-order valence-corrected chi connectivity index (χ1v) is 9.51. The Morgan fingerprint density at radius 1 is 0.846 bits per heavy atom. The summed E-state index contributed by atoms with van der Waals surface area (Å²) in [5, 5.41) is 0. The first kappa shape index (κ1) is 18.7. The summed E-state index contributed by atoms with van der Waals surface area (Å²) in [6.07, 6.45) is 0.00713. The Bertz CT molecular complexity index is 660. The summed E-state index contributed by atoms with van der Waals surface area (Å²) in [5.74, 6) is -0.0606. The molecule has 26 heavy (non-hydrogen) atoms. The van der Waals surface area contributed by atoms with Gasteiger partial charge in [0, 0.05) is 58.0 Å². The van der Waals surface area contributed by atoms with Gasteiger partial charge >= 0.3 is 0 Å². The third-order valence-corrected chi connectivity index (χ3v) is 5.71. The Morgan fingerprint density at radius 2 is 1.38 bits per heavy atom. The van der Waals surface area contributed by atoms with Crippen LogP contribution in [0, 0.1) is 13.8 Å². The number of benzene rings is 1. The lowest BCUT2D eigenvalue weighted by molar-refractivity contribution is -0.141. The van der Waals surface area contributed by atoms with E-state index in [1.165, 1.54) is 16.8 Å². The first-order chi connectivity index (χ1) is 12.5. The van der Waals surface area contributed by atoms with Crippen LogP contribution in [-0.4, -0.2) is 85.9 Å². The van der Waals surface area contributed by atoms with Crippen molar-refractivity contribution >= 4 is 17.5 Å². The number of amides is 2. The average molecular weight is 358 g/mol. The van der Waals surface area contributed by atoms with E-state index < -0.39 is 0 Å². The molecule has 0 radical (unpaired) electrons. The number of rotatable bonds is 3. The van der Waals surface area contributed by atoms with Crippen LogP contribution in [0.25, 0.3) is 0 Å². The number of likely N-dealkylation sites (N-methyl/N-ethyl adjacent to an activating group) is 1. The van der Waals surface area contributed by atoms with Crippen LogP contribution < -0.4 is 4.90 Å². The van der Waals surface area contributed by atoms with Crippen LogP contribution in [0.4, 0.5) is 5.69 Å². The van der Waals surface area contributed by atoms with Crippen LogP contribution in [0.2, 0.25) is 0 Å². The monoisotopic (exact) mass is 358 g/mol. The van der Waals surface area contributed by atoms with Gasteiger partial charge in [-0.25, -0.2) is 0 Å². The highest BCUT2D eigenvalue weighted by Crippen LogP contribution is 2.24. The van der Waals surface area contributed by atoms with Gasteiger partial charge in [-0.05, 0) is 38.1 Å². The predicted octanol–water partition coefficient (Wildman–Crippen LogP) is 1.12. The van der Waals surface area contributed by atoms with E-state index in [0.717, 1.165) is 39.3 Å². The lowest BCUT2D eigenvalue weighted by atomic mass is 10.1. The maximum absolute atomic E-state index is 12.5. The largest absolute Gasteiger partial charge is 0.368 e. The SMILES string of the molecule is Cc1cccc(N2CCN(C(=O)CC(=O)N3CCN(C)CC3)CC2)c1C. The van der Waals surface area contributed by atoms with Gasteiger partial charge < -0.3 is 19.6 Å². The van der Waals surface area contributed by atoms with E-state index in [0.29, 0.717) is 13.1 Å². The zero-order chi connectivity index (χ0) is 18.7. The second-order valence-corrected chi connectivity index (χ2v) is 7.45. The Kier molecular flexibility index (Phi) is 5.81. The van der Waals surface area contributed by atoms with E-state index in [2.05, 4.69) is 48.9 Å². The molecule has 0 aromatic heterocycles. The summed E-state index contributed by atoms with van der Waals surface area (Å²) in [7, 11) is 2.06. The van der Waals surface area contributed by atoms with Gasteiger partial charge in [0.1, 0.15) is 6.42 Å². The fourth-order valence-corrected chi connectivity index (χ4v) is 3.68. The van der Waals surface area contributed by atoms with Crippen molar-refractivity contribution in [1.82, 2.24) is 14.7 Å². The Labute approximate surface area is 156 Å². The summed E-state index contributed by atoms with van der Waals surface area (Å²) in [4.78, 5) is 33.1. The van der Waals surface area contributed by atoms with Crippen molar-refractivity contribution in [1.29, 1.82) is 0 Å². The summed E-state index contributed by atoms with van der Waals surface area (Å²) in [6, 6.07) is 6.36. The van der Waals surface area contributed by atoms with E-state index in [4.69, 9.17) is 0 Å². The molecule has 3 rings (SSSR count). The minimum absolute atomic E-state index is 0.00713. The maximum Gasteiger partial charge on any atom is 0.232 e. The summed E-state index contributed by atoms with van der Waals surface area (Å²) in [6.45, 7) is 10.5. The lowest BCUT2D eigenvalue weighted by Crippen LogP contribution is -2.51. The molecule has 0 aliphatic carbocycles. The molecule has 0 N–H and O–H groups in total. The van der Waals surface area contributed by atoms with E-state index in [9.17, 15) is 9.59 Å². The molecule has 0 spiro atoms. The molecule has 2 aliphatic rings. The number of anilines is 1. The zero-order valence-corrected chi connectivity index (χ0v) is 16.2. The van der Waals surface area contributed by atoms with Crippen molar-refractivity contribution in [2.45, 2.75) is 20.3 Å². The van der Waals surface area contributed by atoms with Crippen LogP contribution in [0.15, 0.2) is 18.2 Å². The molecule has 2 aliphatic heterocycles. The number of carbonyl (C=O) groups excluding carboxylic acids is 2. The van der Waals surface area contributed by atoms with Crippen LogP contribution in [0.5, 0.6) is 0 Å². The van der Waals surface area contributed by atoms with E-state index in [1.54, 1.807) is 0 Å². The summed E-state index contributed by atoms with van der Waals surface area (Å²) in [5.41, 5.74) is 3.85. The number of hydrogen-bond donors (Lipinski definition) is 0. The van der Waals surface area contributed by atoms with Crippen molar-refractivity contribution in [2.24, 2.45) is 0 Å². The second-order valence-electron chi connectivity index (χ2n) is 7.45. The number of aryl methyl sites for hydroxylation is 1. The Balaban J connectivity index is 1.50. The van der Waals surface area contributed by atoms with Gasteiger partial charge in [-0.3, -0.25) is 9.59 Å². The second kappa shape index (κ2) is 8.08. The smallest absolute Gasteiger partial charge is 0.232 e. The fraction of sp³-hybridized carbons (Fsp3) is 0.600. The quantitative estimate of drug-likeness (QED) is 0.760. The topological polar surface area (TPSA) is 47.1 Å². The molecule has 6 nitrogen and oxygen atoms in total. The van der Waals surface area contributed by atoms with Crippen LogP contribution in [0.3, 0.4) is 0 Å². The minimum Gasteiger partial charge on any atom is -0.368 e. The van der Waals surface area contributed by atoms with Crippen molar-refractivity contribution in [3.05, 3.63) is 29.3 Å². The predicted molar refractivity (Wildman–Crippen MR) is 103 cm³/mol. The highest BCUT2D eigenvalue weighted by molar-refractivity contribution is 5.97. The molecule has 2 fully saturated rings. The molecule has 0 unspecified atom stereocenters. The number of hydrogen-bond acceptors (Lipinski definition) is 4. The maximum atomic E-state index is 12.5. The molecule has 0 saturated carbocycles. The van der Waals surface area contributed by atoms with Crippen LogP contribution in [0.1, 0.15) is 17.5 Å². The minimum atomic E-state index is -0.0328. The van der Waals surface area contributed by atoms with Crippen LogP contribution in [-0.2, 0) is 9.59 Å². The van der Waals surface area contributed by atoms with Gasteiger partial charge in [-0.15, -0.1) is 0 Å². The van der Waals surface area contributed by atoms with E-state index in [1.807, 2.05) is 9.80 Å². The molecule has 6 heteroatoms. The van der Waals surface area contributed by atoms with E-state index >= 15 is 0 Å². The highest BCUT2D eigenvalue weighted by atomic mass is 16.2. The van der Waals surface area contributed by atoms with Crippen molar-refractivity contribution < 1.29 is 9.59 Å². The summed E-state index contributed by atoms with van der Waals surface area (Å²) >= 11 is 0. The van der Waals surface area contributed by atoms with Gasteiger partial charge in [0.15, 0.2) is 0 Å². The molecule has 2 saturated heterocycles. The number of carbonyl (C=O) groups is 2. The van der Waals surface area contributed by atoms with Crippen LogP contribution >= 0.6 is 0 Å². The lowest BCUT2D eigenvalue weighted by Gasteiger charge is -2.37. The Morgan fingerprint density at radius 3 is 1.96 bits per heavy atom. The van der Waals surface area contributed by atoms with Gasteiger partial charge in [-0.2, -0.15) is 0 Å². The normalized spacial score (nSPS) is 19.0. The van der Waals surface area contributed by atoms with Gasteiger partial charge in [-0.1, -0.05) is 12.1 Å². The molecule has 142 valence electrons. The Hall–Kier alpha value is -2.08. The zero-order valence-electron chi connectivity index (χ0n) is 16.2.